The van der Waals surface area contributed by atoms with Crippen molar-refractivity contribution >= 4 is 33.2 Å². The molecular weight excluding hydrogens is 544 g/mol. The van der Waals surface area contributed by atoms with Crippen LogP contribution in [0.4, 0.5) is 0 Å². The minimum Gasteiger partial charge on any atom is -0.480 e. The van der Waals surface area contributed by atoms with Gasteiger partial charge in [-0.25, -0.2) is 8.42 Å². The molecule has 1 unspecified atom stereocenters. The monoisotopic (exact) mass is 574 g/mol. The molecule has 3 aromatic carbocycles. The fourth-order valence-electron chi connectivity index (χ4n) is 5.86. The summed E-state index contributed by atoms with van der Waals surface area (Å²) in [6.45, 7) is 2.57. The lowest BCUT2D eigenvalue weighted by Crippen LogP contribution is -2.51. The number of aliphatic carboxylic acids is 1. The maximum Gasteiger partial charge on any atom is 0.325 e. The van der Waals surface area contributed by atoms with Crippen molar-refractivity contribution < 1.29 is 18.3 Å². The van der Waals surface area contributed by atoms with Crippen molar-refractivity contribution in [2.75, 3.05) is 6.54 Å². The number of sulfonamides is 1. The van der Waals surface area contributed by atoms with Crippen LogP contribution in [0.5, 0.6) is 0 Å². The Kier molecular flexibility index (Phi) is 6.95. The summed E-state index contributed by atoms with van der Waals surface area (Å²) in [6, 6.07) is 26.0. The molecule has 8 heteroatoms. The first-order valence-electron chi connectivity index (χ1n) is 13.5. The molecule has 6 nitrogen and oxygen atoms in total. The highest BCUT2D eigenvalue weighted by Gasteiger charge is 2.65. The summed E-state index contributed by atoms with van der Waals surface area (Å²) < 4.78 is 27.8. The number of benzene rings is 3. The lowest BCUT2D eigenvalue weighted by atomic mass is 9.94. The van der Waals surface area contributed by atoms with E-state index in [-0.39, 0.29) is 12.8 Å². The highest BCUT2D eigenvalue weighted by Crippen LogP contribution is 2.53. The number of carboxylic acids is 1. The Bertz CT molecular complexity index is 1610. The van der Waals surface area contributed by atoms with Crippen LogP contribution in [-0.4, -0.2) is 40.7 Å². The molecule has 3 aromatic rings. The van der Waals surface area contributed by atoms with Gasteiger partial charge in [0.05, 0.1) is 0 Å². The summed E-state index contributed by atoms with van der Waals surface area (Å²) in [4.78, 5) is 14.9. The molecule has 6 rings (SSSR count). The van der Waals surface area contributed by atoms with E-state index in [0.29, 0.717) is 0 Å². The molecule has 40 heavy (non-hydrogen) atoms. The molecule has 0 saturated heterocycles. The maximum absolute atomic E-state index is 13.5. The van der Waals surface area contributed by atoms with E-state index in [1.165, 1.54) is 17.2 Å². The van der Waals surface area contributed by atoms with Crippen molar-refractivity contribution in [1.29, 1.82) is 0 Å². The van der Waals surface area contributed by atoms with Crippen LogP contribution in [0.2, 0.25) is 0 Å². The maximum atomic E-state index is 13.5. The van der Waals surface area contributed by atoms with Gasteiger partial charge in [0.2, 0.25) is 10.0 Å². The van der Waals surface area contributed by atoms with Crippen molar-refractivity contribution in [1.82, 2.24) is 9.62 Å². The number of fused-ring (bicyclic) bond motifs is 1. The number of alkyl halides is 1. The Morgan fingerprint density at radius 2 is 1.75 bits per heavy atom. The number of nitrogens with zero attached hydrogens (tertiary/aromatic N) is 1. The van der Waals surface area contributed by atoms with Gasteiger partial charge in [-0.05, 0) is 52.3 Å². The third-order valence-corrected chi connectivity index (χ3v) is 11.0. The van der Waals surface area contributed by atoms with E-state index in [1.807, 2.05) is 54.6 Å². The molecule has 0 aromatic heterocycles. The lowest BCUT2D eigenvalue weighted by molar-refractivity contribution is -0.140. The molecule has 3 aliphatic rings. The summed E-state index contributed by atoms with van der Waals surface area (Å²) in [5.41, 5.74) is 4.71. The van der Waals surface area contributed by atoms with Crippen molar-refractivity contribution in [2.24, 2.45) is 0 Å². The van der Waals surface area contributed by atoms with Gasteiger partial charge < -0.3 is 5.11 Å². The zero-order valence-electron chi connectivity index (χ0n) is 22.0. The molecule has 1 fully saturated rings. The first kappa shape index (κ1) is 27.0. The van der Waals surface area contributed by atoms with Crippen LogP contribution in [0, 0.1) is 0 Å². The molecule has 206 valence electrons. The molecule has 1 heterocycles. The third-order valence-electron chi connectivity index (χ3n) is 8.30. The SMILES string of the molecule is O=C(O)[C@@]1(NS(=O)(=O)C2(Cl)C=CC(c3ccccc3)=CC2)C[C@H]1c1ccc2c(c1)CN(Cc1ccccc1)CC2. The van der Waals surface area contributed by atoms with Gasteiger partial charge in [0.15, 0.2) is 4.21 Å². The van der Waals surface area contributed by atoms with Gasteiger partial charge in [-0.3, -0.25) is 9.69 Å². The van der Waals surface area contributed by atoms with E-state index >= 15 is 0 Å². The molecule has 3 atom stereocenters. The van der Waals surface area contributed by atoms with Gasteiger partial charge in [-0.15, -0.1) is 0 Å². The van der Waals surface area contributed by atoms with E-state index in [1.54, 1.807) is 12.2 Å². The Balaban J connectivity index is 1.19. The Morgan fingerprint density at radius 1 is 1.02 bits per heavy atom. The molecule has 0 amide bonds. The van der Waals surface area contributed by atoms with Gasteiger partial charge >= 0.3 is 5.97 Å². The van der Waals surface area contributed by atoms with Crippen LogP contribution in [0.15, 0.2) is 97.1 Å². The number of rotatable bonds is 8. The second-order valence-corrected chi connectivity index (χ2v) is 13.8. The lowest BCUT2D eigenvalue weighted by Gasteiger charge is -2.30. The number of nitrogens with one attached hydrogen (secondary N) is 1. The first-order valence-corrected chi connectivity index (χ1v) is 15.3. The summed E-state index contributed by atoms with van der Waals surface area (Å²) >= 11 is 6.65. The molecule has 2 N–H and O–H groups in total. The fraction of sp³-hybridized carbons (Fsp3) is 0.281. The zero-order valence-corrected chi connectivity index (χ0v) is 23.5. The smallest absolute Gasteiger partial charge is 0.325 e. The van der Waals surface area contributed by atoms with Crippen LogP contribution in [0.25, 0.3) is 5.57 Å². The standard InChI is InChI=1S/C32H31ClN2O4S/c33-31(16-13-26(14-17-31)24-9-5-2-6-10-24)40(38,39)34-32(30(36)37)20-29(32)27-12-11-25-15-18-35(22-28(25)19-27)21-23-7-3-1-4-8-23/h1-14,16,19,29,34H,15,17-18,20-22H2,(H,36,37)/t29-,31?,32+/m0/s1. The van der Waals surface area contributed by atoms with Crippen molar-refractivity contribution in [2.45, 2.75) is 48.0 Å². The van der Waals surface area contributed by atoms with E-state index in [0.717, 1.165) is 48.3 Å². The molecule has 1 aliphatic heterocycles. The molecular formula is C32H31ClN2O4S. The van der Waals surface area contributed by atoms with Crippen LogP contribution in [-0.2, 0) is 34.3 Å². The molecule has 0 bridgehead atoms. The van der Waals surface area contributed by atoms with Gasteiger partial charge in [0.25, 0.3) is 0 Å². The zero-order chi connectivity index (χ0) is 28.0. The average molecular weight is 575 g/mol. The van der Waals surface area contributed by atoms with Gasteiger partial charge in [-0.1, -0.05) is 103 Å². The molecule has 0 radical (unpaired) electrons. The van der Waals surface area contributed by atoms with Crippen molar-refractivity contribution in [3.05, 3.63) is 125 Å². The average Bonchev–Trinajstić information content (AvgIpc) is 3.69. The summed E-state index contributed by atoms with van der Waals surface area (Å²) in [5.74, 6) is -1.66. The largest absolute Gasteiger partial charge is 0.480 e. The number of hydrogen-bond donors (Lipinski definition) is 2. The summed E-state index contributed by atoms with van der Waals surface area (Å²) in [5, 5.41) is 10.2. The quantitative estimate of drug-likeness (QED) is 0.349. The van der Waals surface area contributed by atoms with Gasteiger partial charge in [-0.2, -0.15) is 4.72 Å². The number of allylic oxidation sites excluding steroid dienone is 3. The molecule has 0 spiro atoms. The van der Waals surface area contributed by atoms with Crippen LogP contribution in [0.1, 0.15) is 46.6 Å². The third kappa shape index (κ3) is 5.03. The predicted molar refractivity (Wildman–Crippen MR) is 157 cm³/mol. The van der Waals surface area contributed by atoms with Crippen molar-refractivity contribution in [3.63, 3.8) is 0 Å². The topological polar surface area (TPSA) is 86.7 Å². The van der Waals surface area contributed by atoms with E-state index in [4.69, 9.17) is 11.6 Å². The normalized spacial score (nSPS) is 26.1. The number of halogens is 1. The Labute approximate surface area is 240 Å². The van der Waals surface area contributed by atoms with Crippen LogP contribution in [0.3, 0.4) is 0 Å². The summed E-state index contributed by atoms with van der Waals surface area (Å²) in [7, 11) is -4.24. The fourth-order valence-corrected chi connectivity index (χ4v) is 7.62. The van der Waals surface area contributed by atoms with E-state index < -0.39 is 31.7 Å². The highest BCUT2D eigenvalue weighted by molar-refractivity contribution is 7.92. The second kappa shape index (κ2) is 10.3. The molecule has 1 saturated carbocycles. The minimum absolute atomic E-state index is 0.0288. The number of carbonyl (C=O) groups is 1. The Hall–Kier alpha value is -3.23. The minimum atomic E-state index is -4.24. The van der Waals surface area contributed by atoms with E-state index in [9.17, 15) is 18.3 Å². The van der Waals surface area contributed by atoms with E-state index in [2.05, 4.69) is 33.9 Å². The number of hydrogen-bond acceptors (Lipinski definition) is 4. The number of carboxylic acid groups (broad SMARTS) is 1. The first-order chi connectivity index (χ1) is 19.2. The summed E-state index contributed by atoms with van der Waals surface area (Å²) in [6.07, 6.45) is 6.05. The predicted octanol–water partition coefficient (Wildman–Crippen LogP) is 5.45. The molecule has 2 aliphatic carbocycles. The van der Waals surface area contributed by atoms with Crippen molar-refractivity contribution in [3.8, 4) is 0 Å². The van der Waals surface area contributed by atoms with Crippen LogP contribution >= 0.6 is 11.6 Å². The second-order valence-electron chi connectivity index (χ2n) is 11.0. The van der Waals surface area contributed by atoms with Crippen LogP contribution < -0.4 is 4.72 Å². The van der Waals surface area contributed by atoms with Gasteiger partial charge in [0, 0.05) is 32.0 Å². The highest BCUT2D eigenvalue weighted by atomic mass is 35.5. The Morgan fingerprint density at radius 3 is 2.42 bits per heavy atom. The van der Waals surface area contributed by atoms with Gasteiger partial charge in [0.1, 0.15) is 5.54 Å².